The normalized spacial score (nSPS) is 23.7. The molecule has 1 N–H and O–H groups in total. The molecule has 1 rings (SSSR count). The van der Waals surface area contributed by atoms with Gasteiger partial charge in [-0.25, -0.2) is 0 Å². The summed E-state index contributed by atoms with van der Waals surface area (Å²) in [6.45, 7) is 7.98. The fourth-order valence-corrected chi connectivity index (χ4v) is 3.71. The van der Waals surface area contributed by atoms with Crippen LogP contribution >= 0.6 is 0 Å². The van der Waals surface area contributed by atoms with Gasteiger partial charge in [-0.2, -0.15) is 0 Å². The van der Waals surface area contributed by atoms with Crippen LogP contribution in [0.5, 0.6) is 0 Å². The highest BCUT2D eigenvalue weighted by Crippen LogP contribution is 2.31. The summed E-state index contributed by atoms with van der Waals surface area (Å²) in [5.41, 5.74) is 0. The number of unbranched alkanes of at least 4 members (excludes halogenated alkanes) is 11. The Morgan fingerprint density at radius 2 is 1.35 bits per heavy atom. The molecule has 0 spiro atoms. The van der Waals surface area contributed by atoms with Crippen molar-refractivity contribution >= 4 is 0 Å². The molecule has 1 fully saturated rings. The molecule has 3 atom stereocenters. The second-order valence-electron chi connectivity index (χ2n) is 8.44. The van der Waals surface area contributed by atoms with Crippen molar-refractivity contribution in [2.45, 2.75) is 135 Å². The molecule has 0 amide bonds. The van der Waals surface area contributed by atoms with E-state index in [1.807, 2.05) is 19.9 Å². The lowest BCUT2D eigenvalue weighted by Crippen LogP contribution is -2.21. The summed E-state index contributed by atoms with van der Waals surface area (Å²) in [6, 6.07) is 0. The van der Waals surface area contributed by atoms with Crippen LogP contribution in [0, 0.1) is 0 Å². The first-order valence-corrected chi connectivity index (χ1v) is 11.2. The van der Waals surface area contributed by atoms with Gasteiger partial charge in [-0.3, -0.25) is 0 Å². The third-order valence-corrected chi connectivity index (χ3v) is 5.14. The first kappa shape index (κ1) is 23.7. The molecular weight excluding hydrogens is 324 g/mol. The van der Waals surface area contributed by atoms with Crippen LogP contribution in [0.3, 0.4) is 0 Å². The largest absolute Gasteiger partial charge is 0.389 e. The third-order valence-electron chi connectivity index (χ3n) is 5.14. The first-order chi connectivity index (χ1) is 12.4. The molecule has 3 nitrogen and oxygen atoms in total. The fraction of sp³-hybridized carbons (Fsp3) is 0.913. The van der Waals surface area contributed by atoms with Gasteiger partial charge in [0.1, 0.15) is 6.10 Å². The predicted octanol–water partition coefficient (Wildman–Crippen LogP) is 6.53. The molecule has 1 heterocycles. The van der Waals surface area contributed by atoms with E-state index < -0.39 is 11.9 Å². The molecule has 0 unspecified atom stereocenters. The maximum Gasteiger partial charge on any atom is 0.164 e. The molecule has 0 aromatic rings. The zero-order valence-electron chi connectivity index (χ0n) is 17.8. The Kier molecular flexibility index (Phi) is 12.5. The second-order valence-corrected chi connectivity index (χ2v) is 8.44. The molecule has 0 bridgehead atoms. The standard InChI is InChI=1S/C23H44O3/c1-5-6-7-8-9-10-11-12-13-14-15-16-17-21-22(19-18-20(2)24)26-23(3,4)25-21/h18-22,24H,5-17H2,1-4H3/b19-18+/t20-,21+,22-/m0/s1. The number of hydrogen-bond donors (Lipinski definition) is 1. The average molecular weight is 369 g/mol. The number of ether oxygens (including phenoxy) is 2. The summed E-state index contributed by atoms with van der Waals surface area (Å²) in [7, 11) is 0. The third kappa shape index (κ3) is 11.4. The van der Waals surface area contributed by atoms with E-state index in [1.165, 1.54) is 77.0 Å². The minimum Gasteiger partial charge on any atom is -0.389 e. The van der Waals surface area contributed by atoms with Crippen LogP contribution < -0.4 is 0 Å². The molecule has 0 aromatic heterocycles. The van der Waals surface area contributed by atoms with Gasteiger partial charge in [0.05, 0.1) is 12.2 Å². The zero-order chi connectivity index (χ0) is 19.3. The minimum atomic E-state index is -0.518. The maximum absolute atomic E-state index is 9.43. The number of aliphatic hydroxyl groups excluding tert-OH is 1. The minimum absolute atomic E-state index is 0.0349. The van der Waals surface area contributed by atoms with Gasteiger partial charge in [-0.1, -0.05) is 96.1 Å². The van der Waals surface area contributed by atoms with Crippen LogP contribution in [-0.4, -0.2) is 29.2 Å². The summed E-state index contributed by atoms with van der Waals surface area (Å²) in [6.07, 6.45) is 20.9. The molecule has 0 saturated carbocycles. The van der Waals surface area contributed by atoms with Gasteiger partial charge >= 0.3 is 0 Å². The van der Waals surface area contributed by atoms with E-state index in [0.29, 0.717) is 0 Å². The zero-order valence-corrected chi connectivity index (χ0v) is 17.8. The van der Waals surface area contributed by atoms with Gasteiger partial charge in [-0.15, -0.1) is 0 Å². The smallest absolute Gasteiger partial charge is 0.164 e. The number of aliphatic hydroxyl groups is 1. The van der Waals surface area contributed by atoms with Gasteiger partial charge in [-0.05, 0) is 27.2 Å². The molecular formula is C23H44O3. The van der Waals surface area contributed by atoms with Crippen LogP contribution in [0.15, 0.2) is 12.2 Å². The van der Waals surface area contributed by atoms with Crippen LogP contribution in [0.4, 0.5) is 0 Å². The quantitative estimate of drug-likeness (QED) is 0.264. The van der Waals surface area contributed by atoms with E-state index in [0.717, 1.165) is 6.42 Å². The van der Waals surface area contributed by atoms with Crippen molar-refractivity contribution in [3.05, 3.63) is 12.2 Å². The summed E-state index contributed by atoms with van der Waals surface area (Å²) in [5, 5.41) is 9.43. The Morgan fingerprint density at radius 3 is 1.85 bits per heavy atom. The van der Waals surface area contributed by atoms with Crippen molar-refractivity contribution in [1.82, 2.24) is 0 Å². The summed E-state index contributed by atoms with van der Waals surface area (Å²) < 4.78 is 12.0. The lowest BCUT2D eigenvalue weighted by atomic mass is 10.0. The van der Waals surface area contributed by atoms with E-state index >= 15 is 0 Å². The van der Waals surface area contributed by atoms with Crippen LogP contribution in [0.2, 0.25) is 0 Å². The van der Waals surface area contributed by atoms with Crippen molar-refractivity contribution in [2.75, 3.05) is 0 Å². The highest BCUT2D eigenvalue weighted by molar-refractivity contribution is 4.99. The van der Waals surface area contributed by atoms with E-state index in [4.69, 9.17) is 9.47 Å². The van der Waals surface area contributed by atoms with Crippen LogP contribution in [0.1, 0.15) is 111 Å². The monoisotopic (exact) mass is 368 g/mol. The topological polar surface area (TPSA) is 38.7 Å². The Balaban J connectivity index is 2.04. The Labute approximate surface area is 162 Å². The van der Waals surface area contributed by atoms with Gasteiger partial charge in [0.2, 0.25) is 0 Å². The molecule has 26 heavy (non-hydrogen) atoms. The molecule has 1 saturated heterocycles. The highest BCUT2D eigenvalue weighted by atomic mass is 16.7. The highest BCUT2D eigenvalue weighted by Gasteiger charge is 2.39. The molecule has 154 valence electrons. The van der Waals surface area contributed by atoms with Crippen molar-refractivity contribution in [3.8, 4) is 0 Å². The molecule has 3 heteroatoms. The first-order valence-electron chi connectivity index (χ1n) is 11.2. The van der Waals surface area contributed by atoms with Crippen molar-refractivity contribution in [2.24, 2.45) is 0 Å². The Hall–Kier alpha value is -0.380. The van der Waals surface area contributed by atoms with E-state index in [1.54, 1.807) is 13.0 Å². The maximum atomic E-state index is 9.43. The Bertz CT molecular complexity index is 362. The summed E-state index contributed by atoms with van der Waals surface area (Å²) in [5.74, 6) is -0.518. The second kappa shape index (κ2) is 13.7. The van der Waals surface area contributed by atoms with Crippen molar-refractivity contribution in [1.29, 1.82) is 0 Å². The fourth-order valence-electron chi connectivity index (χ4n) is 3.71. The van der Waals surface area contributed by atoms with Crippen LogP contribution in [0.25, 0.3) is 0 Å². The molecule has 1 aliphatic heterocycles. The van der Waals surface area contributed by atoms with Gasteiger partial charge in [0.15, 0.2) is 5.79 Å². The summed E-state index contributed by atoms with van der Waals surface area (Å²) >= 11 is 0. The van der Waals surface area contributed by atoms with Crippen molar-refractivity contribution < 1.29 is 14.6 Å². The average Bonchev–Trinajstić information content (AvgIpc) is 2.88. The number of hydrogen-bond acceptors (Lipinski definition) is 3. The van der Waals surface area contributed by atoms with Crippen LogP contribution in [-0.2, 0) is 9.47 Å². The lowest BCUT2D eigenvalue weighted by molar-refractivity contribution is -0.143. The number of rotatable bonds is 15. The van der Waals surface area contributed by atoms with Gasteiger partial charge in [0, 0.05) is 0 Å². The summed E-state index contributed by atoms with van der Waals surface area (Å²) in [4.78, 5) is 0. The van der Waals surface area contributed by atoms with Gasteiger partial charge < -0.3 is 14.6 Å². The Morgan fingerprint density at radius 1 is 0.846 bits per heavy atom. The predicted molar refractivity (Wildman–Crippen MR) is 110 cm³/mol. The van der Waals surface area contributed by atoms with Crippen molar-refractivity contribution in [3.63, 3.8) is 0 Å². The van der Waals surface area contributed by atoms with E-state index in [2.05, 4.69) is 6.92 Å². The SMILES string of the molecule is CCCCCCCCCCCCCC[C@H]1OC(C)(C)O[C@H]1/C=C/[C@H](C)O. The molecule has 1 aliphatic rings. The van der Waals surface area contributed by atoms with E-state index in [9.17, 15) is 5.11 Å². The lowest BCUT2D eigenvalue weighted by Gasteiger charge is -2.16. The van der Waals surface area contributed by atoms with Gasteiger partial charge in [0.25, 0.3) is 0 Å². The molecule has 0 aliphatic carbocycles. The molecule has 0 aromatic carbocycles. The molecule has 0 radical (unpaired) electrons. The van der Waals surface area contributed by atoms with E-state index in [-0.39, 0.29) is 12.2 Å².